The molecule has 0 saturated heterocycles. The van der Waals surface area contributed by atoms with Gasteiger partial charge in [-0.3, -0.25) is 5.10 Å². The van der Waals surface area contributed by atoms with E-state index in [1.165, 1.54) is 12.1 Å². The minimum Gasteiger partial charge on any atom is -0.309 e. The summed E-state index contributed by atoms with van der Waals surface area (Å²) in [4.78, 5) is 0. The zero-order valence-corrected chi connectivity index (χ0v) is 13.9. The van der Waals surface area contributed by atoms with Gasteiger partial charge in [0.15, 0.2) is 0 Å². The topological polar surface area (TPSA) is 71.4 Å². The SMILES string of the molecule is Fc1ccc(CNCc2ccc(-n3cc(-c4cn[nH]c4)nn3)cc2)cc1. The van der Waals surface area contributed by atoms with Crippen molar-refractivity contribution >= 4 is 0 Å². The van der Waals surface area contributed by atoms with Gasteiger partial charge in [0.2, 0.25) is 0 Å². The van der Waals surface area contributed by atoms with Gasteiger partial charge >= 0.3 is 0 Å². The molecular formula is C19H17FN6. The first-order valence-electron chi connectivity index (χ1n) is 8.24. The zero-order valence-electron chi connectivity index (χ0n) is 13.9. The van der Waals surface area contributed by atoms with Gasteiger partial charge in [-0.2, -0.15) is 5.10 Å². The van der Waals surface area contributed by atoms with Crippen LogP contribution in [0, 0.1) is 5.82 Å². The maximum Gasteiger partial charge on any atom is 0.123 e. The largest absolute Gasteiger partial charge is 0.309 e. The molecule has 0 aliphatic rings. The number of hydrogen-bond acceptors (Lipinski definition) is 4. The maximum absolute atomic E-state index is 12.9. The lowest BCUT2D eigenvalue weighted by Crippen LogP contribution is -2.12. The van der Waals surface area contributed by atoms with Gasteiger partial charge in [0.05, 0.1) is 18.1 Å². The van der Waals surface area contributed by atoms with Crippen molar-refractivity contribution in [3.8, 4) is 16.9 Å². The van der Waals surface area contributed by atoms with Crippen LogP contribution in [0.15, 0.2) is 67.1 Å². The molecule has 7 heteroatoms. The normalized spacial score (nSPS) is 11.0. The standard InChI is InChI=1S/C19H17FN6/c20-17-5-1-14(2-6-17)9-21-10-15-3-7-18(8-4-15)26-13-19(24-25-26)16-11-22-23-12-16/h1-8,11-13,21H,9-10H2,(H,22,23). The van der Waals surface area contributed by atoms with E-state index in [0.717, 1.165) is 34.6 Å². The Morgan fingerprint density at radius 2 is 1.65 bits per heavy atom. The van der Waals surface area contributed by atoms with Crippen LogP contribution in [0.3, 0.4) is 0 Å². The van der Waals surface area contributed by atoms with Crippen molar-refractivity contribution < 1.29 is 4.39 Å². The van der Waals surface area contributed by atoms with Crippen molar-refractivity contribution in [2.24, 2.45) is 0 Å². The number of benzene rings is 2. The van der Waals surface area contributed by atoms with E-state index in [4.69, 9.17) is 0 Å². The van der Waals surface area contributed by atoms with E-state index >= 15 is 0 Å². The number of H-pyrrole nitrogens is 1. The summed E-state index contributed by atoms with van der Waals surface area (Å²) in [5.41, 5.74) is 4.82. The first-order chi connectivity index (χ1) is 12.8. The zero-order chi connectivity index (χ0) is 17.8. The lowest BCUT2D eigenvalue weighted by atomic mass is 10.2. The fraction of sp³-hybridized carbons (Fsp3) is 0.105. The molecule has 0 atom stereocenters. The summed E-state index contributed by atoms with van der Waals surface area (Å²) in [5, 5.41) is 18.4. The number of nitrogens with one attached hydrogen (secondary N) is 2. The highest BCUT2D eigenvalue weighted by Gasteiger charge is 2.06. The van der Waals surface area contributed by atoms with Gasteiger partial charge < -0.3 is 5.32 Å². The van der Waals surface area contributed by atoms with Crippen LogP contribution in [0.4, 0.5) is 4.39 Å². The predicted octanol–water partition coefficient (Wildman–Crippen LogP) is 3.09. The van der Waals surface area contributed by atoms with Gasteiger partial charge in [-0.05, 0) is 35.4 Å². The Morgan fingerprint density at radius 3 is 2.31 bits per heavy atom. The molecule has 0 spiro atoms. The van der Waals surface area contributed by atoms with Crippen LogP contribution in [0.2, 0.25) is 0 Å². The Morgan fingerprint density at radius 1 is 0.962 bits per heavy atom. The monoisotopic (exact) mass is 348 g/mol. The molecule has 0 unspecified atom stereocenters. The Kier molecular flexibility index (Phi) is 4.53. The molecule has 0 amide bonds. The summed E-state index contributed by atoms with van der Waals surface area (Å²) in [6.07, 6.45) is 5.36. The number of halogens is 1. The van der Waals surface area contributed by atoms with Crippen molar-refractivity contribution in [1.82, 2.24) is 30.5 Å². The highest BCUT2D eigenvalue weighted by Crippen LogP contribution is 2.16. The Balaban J connectivity index is 1.37. The number of nitrogens with zero attached hydrogens (tertiary/aromatic N) is 4. The summed E-state index contributed by atoms with van der Waals surface area (Å²) < 4.78 is 14.6. The predicted molar refractivity (Wildman–Crippen MR) is 95.9 cm³/mol. The van der Waals surface area contributed by atoms with Crippen LogP contribution in [-0.2, 0) is 13.1 Å². The molecular weight excluding hydrogens is 331 g/mol. The van der Waals surface area contributed by atoms with Crippen LogP contribution in [-0.4, -0.2) is 25.2 Å². The third-order valence-electron chi connectivity index (χ3n) is 4.06. The van der Waals surface area contributed by atoms with Crippen LogP contribution < -0.4 is 5.32 Å². The summed E-state index contributed by atoms with van der Waals surface area (Å²) in [6.45, 7) is 1.43. The second-order valence-electron chi connectivity index (χ2n) is 5.93. The number of rotatable bonds is 6. The van der Waals surface area contributed by atoms with Gasteiger partial charge in [0, 0.05) is 24.8 Å². The van der Waals surface area contributed by atoms with E-state index in [2.05, 4.69) is 25.8 Å². The van der Waals surface area contributed by atoms with Crippen LogP contribution in [0.25, 0.3) is 16.9 Å². The Hall–Kier alpha value is -3.32. The second kappa shape index (κ2) is 7.28. The van der Waals surface area contributed by atoms with Crippen LogP contribution >= 0.6 is 0 Å². The molecule has 26 heavy (non-hydrogen) atoms. The average Bonchev–Trinajstić information content (AvgIpc) is 3.36. The van der Waals surface area contributed by atoms with Gasteiger partial charge in [0.1, 0.15) is 11.5 Å². The first kappa shape index (κ1) is 16.2. The van der Waals surface area contributed by atoms with E-state index in [0.29, 0.717) is 6.54 Å². The van der Waals surface area contributed by atoms with E-state index in [1.807, 2.05) is 30.5 Å². The molecule has 2 aromatic carbocycles. The van der Waals surface area contributed by atoms with Crippen molar-refractivity contribution in [3.05, 3.63) is 84.1 Å². The number of hydrogen-bond donors (Lipinski definition) is 2. The fourth-order valence-corrected chi connectivity index (χ4v) is 2.63. The first-order valence-corrected chi connectivity index (χ1v) is 8.24. The lowest BCUT2D eigenvalue weighted by molar-refractivity contribution is 0.625. The molecule has 0 saturated carbocycles. The highest BCUT2D eigenvalue weighted by molar-refractivity contribution is 5.55. The van der Waals surface area contributed by atoms with E-state index in [1.54, 1.807) is 29.2 Å². The molecule has 0 fully saturated rings. The maximum atomic E-state index is 12.9. The fourth-order valence-electron chi connectivity index (χ4n) is 2.63. The molecule has 2 N–H and O–H groups in total. The Labute approximate surface area is 149 Å². The smallest absolute Gasteiger partial charge is 0.123 e. The quantitative estimate of drug-likeness (QED) is 0.562. The number of aromatic nitrogens is 5. The van der Waals surface area contributed by atoms with Crippen molar-refractivity contribution in [1.29, 1.82) is 0 Å². The molecule has 2 heterocycles. The van der Waals surface area contributed by atoms with Crippen molar-refractivity contribution in [3.63, 3.8) is 0 Å². The molecule has 130 valence electrons. The van der Waals surface area contributed by atoms with E-state index in [-0.39, 0.29) is 5.82 Å². The minimum atomic E-state index is -0.214. The lowest BCUT2D eigenvalue weighted by Gasteiger charge is -2.06. The third-order valence-corrected chi connectivity index (χ3v) is 4.06. The molecule has 0 aliphatic carbocycles. The summed E-state index contributed by atoms with van der Waals surface area (Å²) >= 11 is 0. The van der Waals surface area contributed by atoms with Gasteiger partial charge in [-0.15, -0.1) is 5.10 Å². The van der Waals surface area contributed by atoms with Crippen molar-refractivity contribution in [2.45, 2.75) is 13.1 Å². The van der Waals surface area contributed by atoms with E-state index < -0.39 is 0 Å². The van der Waals surface area contributed by atoms with Gasteiger partial charge in [-0.25, -0.2) is 9.07 Å². The summed E-state index contributed by atoms with van der Waals surface area (Å²) in [5.74, 6) is -0.214. The molecule has 2 aromatic heterocycles. The summed E-state index contributed by atoms with van der Waals surface area (Å²) in [7, 11) is 0. The van der Waals surface area contributed by atoms with Gasteiger partial charge in [-0.1, -0.05) is 29.5 Å². The second-order valence-corrected chi connectivity index (χ2v) is 5.93. The van der Waals surface area contributed by atoms with Crippen LogP contribution in [0.1, 0.15) is 11.1 Å². The molecule has 4 aromatic rings. The molecule has 6 nitrogen and oxygen atoms in total. The Bertz CT molecular complexity index is 958. The third kappa shape index (κ3) is 3.68. The van der Waals surface area contributed by atoms with Crippen molar-refractivity contribution in [2.75, 3.05) is 0 Å². The molecule has 0 bridgehead atoms. The van der Waals surface area contributed by atoms with E-state index in [9.17, 15) is 4.39 Å². The minimum absolute atomic E-state index is 0.214. The highest BCUT2D eigenvalue weighted by atomic mass is 19.1. The summed E-state index contributed by atoms with van der Waals surface area (Å²) in [6, 6.07) is 14.6. The van der Waals surface area contributed by atoms with Crippen LogP contribution in [0.5, 0.6) is 0 Å². The molecule has 0 radical (unpaired) electrons. The van der Waals surface area contributed by atoms with Gasteiger partial charge in [0.25, 0.3) is 0 Å². The average molecular weight is 348 g/mol. The number of aromatic amines is 1. The molecule has 4 rings (SSSR count). The molecule has 0 aliphatic heterocycles.